The third-order valence-electron chi connectivity index (χ3n) is 4.79. The molecule has 0 saturated heterocycles. The summed E-state index contributed by atoms with van der Waals surface area (Å²) in [7, 11) is 1.72. The molecule has 0 radical (unpaired) electrons. The smallest absolute Gasteiger partial charge is 0.340 e. The van der Waals surface area contributed by atoms with Crippen LogP contribution in [0.5, 0.6) is 0 Å². The number of imidazole rings is 1. The molecule has 0 saturated carbocycles. The number of halogens is 4. The monoisotopic (exact) mass is 419 g/mol. The van der Waals surface area contributed by atoms with Gasteiger partial charge in [-0.15, -0.1) is 0 Å². The normalized spacial score (nSPS) is 12.7. The highest BCUT2D eigenvalue weighted by molar-refractivity contribution is 5.96. The SMILES string of the molecule is Cn1cnc(C(=O)C(CCCC(F)(F)F)Cc2ccnc(-c3ccc(F)cc3)c2)c1. The van der Waals surface area contributed by atoms with Crippen molar-refractivity contribution in [2.24, 2.45) is 13.0 Å². The van der Waals surface area contributed by atoms with Gasteiger partial charge in [-0.2, -0.15) is 13.2 Å². The van der Waals surface area contributed by atoms with Crippen LogP contribution in [-0.2, 0) is 13.5 Å². The Bertz CT molecular complexity index is 996. The molecule has 1 unspecified atom stereocenters. The number of Topliss-reactive ketones (excluding diaryl/α,β-unsaturated/α-hetero) is 1. The molecule has 3 rings (SSSR count). The molecular weight excluding hydrogens is 398 g/mol. The van der Waals surface area contributed by atoms with Crippen molar-refractivity contribution in [1.29, 1.82) is 0 Å². The second kappa shape index (κ2) is 9.19. The van der Waals surface area contributed by atoms with Gasteiger partial charge in [0.05, 0.1) is 12.0 Å². The van der Waals surface area contributed by atoms with E-state index in [1.54, 1.807) is 48.3 Å². The quantitative estimate of drug-likeness (QED) is 0.363. The molecular formula is C22H21F4N3O. The standard InChI is InChI=1S/C22H21F4N3O/c1-29-13-20(28-14-29)21(30)17(3-2-9-22(24,25)26)11-15-8-10-27-19(12-15)16-4-6-18(23)7-5-16/h4-8,10,12-14,17H,2-3,9,11H2,1H3. The Balaban J connectivity index is 1.80. The minimum absolute atomic E-state index is 0.100. The fourth-order valence-electron chi connectivity index (χ4n) is 3.29. The van der Waals surface area contributed by atoms with Gasteiger partial charge >= 0.3 is 6.18 Å². The van der Waals surface area contributed by atoms with E-state index in [0.717, 1.165) is 5.56 Å². The molecule has 0 spiro atoms. The van der Waals surface area contributed by atoms with Crippen LogP contribution in [0.3, 0.4) is 0 Å². The molecule has 0 fully saturated rings. The second-order valence-corrected chi connectivity index (χ2v) is 7.25. The number of nitrogens with zero attached hydrogens (tertiary/aromatic N) is 3. The molecule has 0 amide bonds. The van der Waals surface area contributed by atoms with E-state index in [2.05, 4.69) is 9.97 Å². The number of ketones is 1. The molecule has 0 aliphatic heterocycles. The summed E-state index contributed by atoms with van der Waals surface area (Å²) in [5.74, 6) is -1.27. The summed E-state index contributed by atoms with van der Waals surface area (Å²) in [6.45, 7) is 0. The molecule has 1 aromatic carbocycles. The van der Waals surface area contributed by atoms with E-state index in [4.69, 9.17) is 0 Å². The predicted octanol–water partition coefficient (Wildman–Crippen LogP) is 5.40. The number of benzene rings is 1. The summed E-state index contributed by atoms with van der Waals surface area (Å²) in [6, 6.07) is 9.36. The van der Waals surface area contributed by atoms with E-state index in [9.17, 15) is 22.4 Å². The maximum Gasteiger partial charge on any atom is 0.389 e. The molecule has 0 bridgehead atoms. The van der Waals surface area contributed by atoms with Gasteiger partial charge in [0.15, 0.2) is 5.78 Å². The number of carbonyl (C=O) groups is 1. The zero-order valence-corrected chi connectivity index (χ0v) is 16.4. The number of alkyl halides is 3. The van der Waals surface area contributed by atoms with Crippen LogP contribution in [0, 0.1) is 11.7 Å². The Morgan fingerprint density at radius 3 is 2.50 bits per heavy atom. The number of aryl methyl sites for hydroxylation is 1. The van der Waals surface area contributed by atoms with Crippen LogP contribution in [0.25, 0.3) is 11.3 Å². The van der Waals surface area contributed by atoms with Crippen molar-refractivity contribution in [3.05, 3.63) is 72.2 Å². The maximum absolute atomic E-state index is 13.2. The number of aromatic nitrogens is 3. The molecule has 3 aromatic rings. The summed E-state index contributed by atoms with van der Waals surface area (Å²) < 4.78 is 52.6. The lowest BCUT2D eigenvalue weighted by Gasteiger charge is -2.16. The van der Waals surface area contributed by atoms with Crippen LogP contribution in [0.2, 0.25) is 0 Å². The van der Waals surface area contributed by atoms with Gasteiger partial charge in [-0.1, -0.05) is 0 Å². The van der Waals surface area contributed by atoms with Crippen molar-refractivity contribution in [2.45, 2.75) is 31.9 Å². The molecule has 2 aromatic heterocycles. The highest BCUT2D eigenvalue weighted by Gasteiger charge is 2.29. The Morgan fingerprint density at radius 1 is 1.13 bits per heavy atom. The summed E-state index contributed by atoms with van der Waals surface area (Å²) in [5.41, 5.74) is 2.32. The Kier molecular flexibility index (Phi) is 6.64. The molecule has 8 heteroatoms. The fourth-order valence-corrected chi connectivity index (χ4v) is 3.29. The summed E-state index contributed by atoms with van der Waals surface area (Å²) in [6.07, 6.45) is -0.336. The first-order chi connectivity index (χ1) is 14.2. The van der Waals surface area contributed by atoms with Crippen molar-refractivity contribution in [3.8, 4) is 11.3 Å². The van der Waals surface area contributed by atoms with E-state index >= 15 is 0 Å². The Labute approximate surface area is 171 Å². The topological polar surface area (TPSA) is 47.8 Å². The lowest BCUT2D eigenvalue weighted by Crippen LogP contribution is -2.19. The van der Waals surface area contributed by atoms with E-state index < -0.39 is 18.5 Å². The predicted molar refractivity (Wildman–Crippen MR) is 104 cm³/mol. The number of carbonyl (C=O) groups excluding carboxylic acids is 1. The number of hydrogen-bond acceptors (Lipinski definition) is 3. The van der Waals surface area contributed by atoms with Gasteiger partial charge in [-0.05, 0) is 61.2 Å². The molecule has 0 aliphatic rings. The molecule has 1 atom stereocenters. The molecule has 30 heavy (non-hydrogen) atoms. The Hall–Kier alpha value is -3.03. The van der Waals surface area contributed by atoms with E-state index in [0.29, 0.717) is 11.3 Å². The van der Waals surface area contributed by atoms with Gasteiger partial charge in [-0.3, -0.25) is 9.78 Å². The third kappa shape index (κ3) is 5.98. The van der Waals surface area contributed by atoms with Crippen LogP contribution in [0.4, 0.5) is 17.6 Å². The van der Waals surface area contributed by atoms with Gasteiger partial charge in [0.2, 0.25) is 0 Å². The summed E-state index contributed by atoms with van der Waals surface area (Å²) in [5, 5.41) is 0. The number of hydrogen-bond donors (Lipinski definition) is 0. The highest BCUT2D eigenvalue weighted by Crippen LogP contribution is 2.27. The maximum atomic E-state index is 13.2. The van der Waals surface area contributed by atoms with Crippen LogP contribution in [0.1, 0.15) is 35.3 Å². The van der Waals surface area contributed by atoms with Crippen molar-refractivity contribution in [1.82, 2.24) is 14.5 Å². The van der Waals surface area contributed by atoms with Gasteiger partial charge in [0.25, 0.3) is 0 Å². The first kappa shape index (κ1) is 21.7. The molecule has 158 valence electrons. The number of rotatable bonds is 8. The van der Waals surface area contributed by atoms with Gasteiger partial charge < -0.3 is 4.57 Å². The minimum Gasteiger partial charge on any atom is -0.340 e. The summed E-state index contributed by atoms with van der Waals surface area (Å²) in [4.78, 5) is 21.2. The first-order valence-electron chi connectivity index (χ1n) is 9.51. The highest BCUT2D eigenvalue weighted by atomic mass is 19.4. The molecule has 4 nitrogen and oxygen atoms in total. The van der Waals surface area contributed by atoms with E-state index in [1.165, 1.54) is 18.5 Å². The second-order valence-electron chi connectivity index (χ2n) is 7.25. The fraction of sp³-hybridized carbons (Fsp3) is 0.318. The number of pyridine rings is 1. The molecule has 0 aliphatic carbocycles. The zero-order valence-electron chi connectivity index (χ0n) is 16.4. The Morgan fingerprint density at radius 2 is 1.87 bits per heavy atom. The molecule has 0 N–H and O–H groups in total. The lowest BCUT2D eigenvalue weighted by molar-refractivity contribution is -0.135. The first-order valence-corrected chi connectivity index (χ1v) is 9.51. The van der Waals surface area contributed by atoms with Crippen LogP contribution >= 0.6 is 0 Å². The summed E-state index contributed by atoms with van der Waals surface area (Å²) >= 11 is 0. The average molecular weight is 419 g/mol. The van der Waals surface area contributed by atoms with Gasteiger partial charge in [0.1, 0.15) is 11.5 Å². The van der Waals surface area contributed by atoms with Crippen molar-refractivity contribution in [2.75, 3.05) is 0 Å². The van der Waals surface area contributed by atoms with Gasteiger partial charge in [0, 0.05) is 37.3 Å². The van der Waals surface area contributed by atoms with Crippen LogP contribution < -0.4 is 0 Å². The minimum atomic E-state index is -4.26. The van der Waals surface area contributed by atoms with Crippen molar-refractivity contribution >= 4 is 5.78 Å². The van der Waals surface area contributed by atoms with E-state index in [-0.39, 0.29) is 36.6 Å². The van der Waals surface area contributed by atoms with E-state index in [1.807, 2.05) is 0 Å². The third-order valence-corrected chi connectivity index (χ3v) is 4.79. The van der Waals surface area contributed by atoms with Crippen molar-refractivity contribution < 1.29 is 22.4 Å². The van der Waals surface area contributed by atoms with Crippen molar-refractivity contribution in [3.63, 3.8) is 0 Å². The zero-order chi connectivity index (χ0) is 21.7. The van der Waals surface area contributed by atoms with Crippen LogP contribution in [0.15, 0.2) is 55.1 Å². The average Bonchev–Trinajstić information content (AvgIpc) is 3.13. The lowest BCUT2D eigenvalue weighted by atomic mass is 9.89. The van der Waals surface area contributed by atoms with Crippen LogP contribution in [-0.4, -0.2) is 26.5 Å². The largest absolute Gasteiger partial charge is 0.389 e. The molecule has 2 heterocycles. The van der Waals surface area contributed by atoms with Gasteiger partial charge in [-0.25, -0.2) is 9.37 Å².